The molecule has 1 heterocycles. The van der Waals surface area contributed by atoms with Gasteiger partial charge in [0.05, 0.1) is 6.04 Å². The molecule has 108 valence electrons. The molecule has 2 N–H and O–H groups in total. The number of rotatable bonds is 4. The molecule has 1 saturated heterocycles. The summed E-state index contributed by atoms with van der Waals surface area (Å²) in [5.74, 6) is 0.474. The van der Waals surface area contributed by atoms with Gasteiger partial charge in [0.2, 0.25) is 5.91 Å². The van der Waals surface area contributed by atoms with Crippen LogP contribution in [0.2, 0.25) is 0 Å². The van der Waals surface area contributed by atoms with Crippen LogP contribution in [0.5, 0.6) is 0 Å². The first-order valence-electron chi connectivity index (χ1n) is 7.53. The summed E-state index contributed by atoms with van der Waals surface area (Å²) in [5.41, 5.74) is 1.09. The summed E-state index contributed by atoms with van der Waals surface area (Å²) in [6.07, 6.45) is 5.37. The first-order valence-corrected chi connectivity index (χ1v) is 7.53. The average molecular weight is 276 g/mol. The van der Waals surface area contributed by atoms with Crippen LogP contribution < -0.4 is 10.6 Å². The van der Waals surface area contributed by atoms with E-state index in [0.29, 0.717) is 5.92 Å². The quantitative estimate of drug-likeness (QED) is 0.887. The van der Waals surface area contributed by atoms with E-state index in [1.165, 1.54) is 25.0 Å². The third-order valence-corrected chi connectivity index (χ3v) is 4.24. The molecule has 4 heteroatoms. The van der Waals surface area contributed by atoms with E-state index >= 15 is 0 Å². The summed E-state index contributed by atoms with van der Waals surface area (Å²) in [6, 6.07) is 6.72. The third-order valence-electron chi connectivity index (χ3n) is 4.24. The maximum atomic E-state index is 13.1. The Morgan fingerprint density at radius 2 is 1.90 bits per heavy atom. The molecule has 2 aliphatic rings. The molecule has 1 aromatic carbocycles. The smallest absolute Gasteiger partial charge is 0.237 e. The lowest BCUT2D eigenvalue weighted by Gasteiger charge is -2.24. The lowest BCUT2D eigenvalue weighted by atomic mass is 10.00. The summed E-state index contributed by atoms with van der Waals surface area (Å²) in [6.45, 7) is 0.779. The van der Waals surface area contributed by atoms with Gasteiger partial charge in [0, 0.05) is 12.6 Å². The molecule has 3 rings (SSSR count). The van der Waals surface area contributed by atoms with Gasteiger partial charge >= 0.3 is 0 Å². The maximum Gasteiger partial charge on any atom is 0.237 e. The molecule has 0 radical (unpaired) electrons. The molecule has 2 atom stereocenters. The van der Waals surface area contributed by atoms with Gasteiger partial charge in [-0.05, 0) is 55.7 Å². The first-order chi connectivity index (χ1) is 9.74. The zero-order valence-corrected chi connectivity index (χ0v) is 11.6. The van der Waals surface area contributed by atoms with E-state index in [9.17, 15) is 9.18 Å². The van der Waals surface area contributed by atoms with E-state index in [0.717, 1.165) is 31.4 Å². The van der Waals surface area contributed by atoms with Gasteiger partial charge in [0.25, 0.3) is 0 Å². The first kappa shape index (κ1) is 13.6. The number of hydrogen-bond donors (Lipinski definition) is 2. The Morgan fingerprint density at radius 3 is 2.60 bits per heavy atom. The molecule has 20 heavy (non-hydrogen) atoms. The Balaban J connectivity index is 1.73. The van der Waals surface area contributed by atoms with Crippen molar-refractivity contribution in [1.29, 1.82) is 0 Å². The molecule has 2 unspecified atom stereocenters. The standard InChI is InChI=1S/C16H21FN2O/c17-13-8-6-12(7-9-13)15(11-4-5-11)19-14-3-1-2-10-18-16(14)20/h6-9,11,14-15,19H,1-5,10H2,(H,18,20). The largest absolute Gasteiger partial charge is 0.355 e. The van der Waals surface area contributed by atoms with Crippen LogP contribution in [0.15, 0.2) is 24.3 Å². The fourth-order valence-corrected chi connectivity index (χ4v) is 2.92. The van der Waals surface area contributed by atoms with E-state index in [2.05, 4.69) is 10.6 Å². The summed E-state index contributed by atoms with van der Waals surface area (Å²) in [5, 5.41) is 6.47. The molecule has 1 aromatic rings. The van der Waals surface area contributed by atoms with Gasteiger partial charge in [-0.3, -0.25) is 10.1 Å². The van der Waals surface area contributed by atoms with Gasteiger partial charge in [0.1, 0.15) is 5.82 Å². The predicted molar refractivity (Wildman–Crippen MR) is 75.6 cm³/mol. The molecule has 2 fully saturated rings. The molecule has 0 aromatic heterocycles. The molecule has 1 aliphatic carbocycles. The second-order valence-electron chi connectivity index (χ2n) is 5.87. The lowest BCUT2D eigenvalue weighted by molar-refractivity contribution is -0.123. The van der Waals surface area contributed by atoms with Gasteiger partial charge in [-0.2, -0.15) is 0 Å². The fourth-order valence-electron chi connectivity index (χ4n) is 2.92. The van der Waals surface area contributed by atoms with Gasteiger partial charge in [-0.25, -0.2) is 4.39 Å². The summed E-state index contributed by atoms with van der Waals surface area (Å²) in [4.78, 5) is 12.0. The van der Waals surface area contributed by atoms with Crippen LogP contribution in [0.25, 0.3) is 0 Å². The van der Waals surface area contributed by atoms with Crippen molar-refractivity contribution in [3.63, 3.8) is 0 Å². The van der Waals surface area contributed by atoms with Crippen molar-refractivity contribution < 1.29 is 9.18 Å². The fraction of sp³-hybridized carbons (Fsp3) is 0.562. The number of benzene rings is 1. The second kappa shape index (κ2) is 5.92. The molecule has 1 aliphatic heterocycles. The summed E-state index contributed by atoms with van der Waals surface area (Å²) >= 11 is 0. The number of carbonyl (C=O) groups excluding carboxylic acids is 1. The van der Waals surface area contributed by atoms with Crippen LogP contribution in [-0.2, 0) is 4.79 Å². The molecule has 3 nitrogen and oxygen atoms in total. The van der Waals surface area contributed by atoms with E-state index in [1.54, 1.807) is 0 Å². The SMILES string of the molecule is O=C1NCCCCC1NC(c1ccc(F)cc1)C1CC1. The number of hydrogen-bond acceptors (Lipinski definition) is 2. The Kier molecular flexibility index (Phi) is 4.01. The molecule has 1 amide bonds. The van der Waals surface area contributed by atoms with Crippen LogP contribution in [0.4, 0.5) is 4.39 Å². The van der Waals surface area contributed by atoms with Gasteiger partial charge in [-0.15, -0.1) is 0 Å². The normalized spacial score (nSPS) is 24.9. The summed E-state index contributed by atoms with van der Waals surface area (Å²) < 4.78 is 13.1. The van der Waals surface area contributed by atoms with Gasteiger partial charge in [-0.1, -0.05) is 12.1 Å². The van der Waals surface area contributed by atoms with E-state index in [-0.39, 0.29) is 23.8 Å². The molecular weight excluding hydrogens is 255 g/mol. The maximum absolute atomic E-state index is 13.1. The second-order valence-corrected chi connectivity index (χ2v) is 5.87. The summed E-state index contributed by atoms with van der Waals surface area (Å²) in [7, 11) is 0. The minimum absolute atomic E-state index is 0.107. The predicted octanol–water partition coefficient (Wildman–Crippen LogP) is 2.54. The van der Waals surface area contributed by atoms with E-state index < -0.39 is 0 Å². The van der Waals surface area contributed by atoms with Crippen LogP contribution in [-0.4, -0.2) is 18.5 Å². The van der Waals surface area contributed by atoms with Crippen molar-refractivity contribution in [3.05, 3.63) is 35.6 Å². The number of carbonyl (C=O) groups is 1. The van der Waals surface area contributed by atoms with Crippen molar-refractivity contribution in [2.75, 3.05) is 6.54 Å². The van der Waals surface area contributed by atoms with Crippen LogP contribution >= 0.6 is 0 Å². The highest BCUT2D eigenvalue weighted by Crippen LogP contribution is 2.41. The number of nitrogens with one attached hydrogen (secondary N) is 2. The van der Waals surface area contributed by atoms with E-state index in [4.69, 9.17) is 0 Å². The Bertz CT molecular complexity index is 470. The minimum Gasteiger partial charge on any atom is -0.355 e. The Hall–Kier alpha value is -1.42. The highest BCUT2D eigenvalue weighted by Gasteiger charge is 2.35. The van der Waals surface area contributed by atoms with Crippen molar-refractivity contribution >= 4 is 5.91 Å². The highest BCUT2D eigenvalue weighted by molar-refractivity contribution is 5.82. The van der Waals surface area contributed by atoms with Crippen LogP contribution in [0.3, 0.4) is 0 Å². The average Bonchev–Trinajstić information content (AvgIpc) is 3.27. The van der Waals surface area contributed by atoms with Gasteiger partial charge < -0.3 is 5.32 Å². The molecule has 1 saturated carbocycles. The topological polar surface area (TPSA) is 41.1 Å². The minimum atomic E-state index is -0.212. The Labute approximate surface area is 118 Å². The van der Waals surface area contributed by atoms with E-state index in [1.807, 2.05) is 12.1 Å². The molecular formula is C16H21FN2O. The zero-order chi connectivity index (χ0) is 13.9. The Morgan fingerprint density at radius 1 is 1.15 bits per heavy atom. The van der Waals surface area contributed by atoms with Crippen molar-refractivity contribution in [2.24, 2.45) is 5.92 Å². The van der Waals surface area contributed by atoms with Crippen molar-refractivity contribution in [3.8, 4) is 0 Å². The van der Waals surface area contributed by atoms with Crippen molar-refractivity contribution in [2.45, 2.75) is 44.2 Å². The van der Waals surface area contributed by atoms with Crippen LogP contribution in [0, 0.1) is 11.7 Å². The molecule has 0 spiro atoms. The lowest BCUT2D eigenvalue weighted by Crippen LogP contribution is -2.44. The third kappa shape index (κ3) is 3.18. The molecule has 0 bridgehead atoms. The van der Waals surface area contributed by atoms with Gasteiger partial charge in [0.15, 0.2) is 0 Å². The number of halogens is 1. The highest BCUT2D eigenvalue weighted by atomic mass is 19.1. The van der Waals surface area contributed by atoms with Crippen molar-refractivity contribution in [1.82, 2.24) is 10.6 Å². The number of amides is 1. The zero-order valence-electron chi connectivity index (χ0n) is 11.6. The monoisotopic (exact) mass is 276 g/mol. The van der Waals surface area contributed by atoms with Crippen LogP contribution in [0.1, 0.15) is 43.7 Å².